The fourth-order valence-corrected chi connectivity index (χ4v) is 4.01. The molecule has 0 unspecified atom stereocenters. The SMILES string of the molecule is Cc1ccc(C)c(-n2nnnc2SCC(=O)[C@H](C#N)c2nc(C)cs2)c1. The van der Waals surface area contributed by atoms with Crippen LogP contribution in [0.3, 0.4) is 0 Å². The normalized spacial score (nSPS) is 11.9. The van der Waals surface area contributed by atoms with Gasteiger partial charge in [0.25, 0.3) is 0 Å². The number of carbonyl (C=O) groups is 1. The van der Waals surface area contributed by atoms with E-state index in [1.807, 2.05) is 44.4 Å². The number of aromatic nitrogens is 5. The van der Waals surface area contributed by atoms with Crippen molar-refractivity contribution in [2.75, 3.05) is 5.75 Å². The van der Waals surface area contributed by atoms with Gasteiger partial charge < -0.3 is 0 Å². The number of tetrazole rings is 1. The zero-order chi connectivity index (χ0) is 18.7. The summed E-state index contributed by atoms with van der Waals surface area (Å²) in [6.07, 6.45) is 0. The van der Waals surface area contributed by atoms with Crippen molar-refractivity contribution in [2.45, 2.75) is 31.8 Å². The summed E-state index contributed by atoms with van der Waals surface area (Å²) in [5.74, 6) is -0.962. The highest BCUT2D eigenvalue weighted by molar-refractivity contribution is 7.99. The summed E-state index contributed by atoms with van der Waals surface area (Å²) in [7, 11) is 0. The number of thioether (sulfide) groups is 1. The van der Waals surface area contributed by atoms with Gasteiger partial charge in [0.15, 0.2) is 11.7 Å². The highest BCUT2D eigenvalue weighted by Crippen LogP contribution is 2.25. The summed E-state index contributed by atoms with van der Waals surface area (Å²) in [5, 5.41) is 24.0. The van der Waals surface area contributed by atoms with Crippen molar-refractivity contribution in [1.82, 2.24) is 25.2 Å². The number of aryl methyl sites for hydroxylation is 3. The minimum Gasteiger partial charge on any atom is -0.297 e. The first-order chi connectivity index (χ1) is 12.5. The van der Waals surface area contributed by atoms with Gasteiger partial charge in [-0.1, -0.05) is 23.9 Å². The highest BCUT2D eigenvalue weighted by Gasteiger charge is 2.24. The Morgan fingerprint density at radius 3 is 2.88 bits per heavy atom. The van der Waals surface area contributed by atoms with E-state index in [1.54, 1.807) is 4.68 Å². The second-order valence-corrected chi connectivity index (χ2v) is 7.64. The third-order valence-corrected chi connectivity index (χ3v) is 5.68. The maximum atomic E-state index is 12.5. The minimum absolute atomic E-state index is 0.0993. The molecule has 1 aromatic carbocycles. The standard InChI is InChI=1S/C17H16N6OS2/c1-10-4-5-11(2)14(6-10)23-17(20-21-22-23)26-9-15(24)13(7-18)16-19-12(3)8-25-16/h4-6,8,13H,9H2,1-3H3/t13-/m0/s1. The molecular formula is C17H16N6OS2. The number of Topliss-reactive ketones (excluding diaryl/α,β-unsaturated/α-hetero) is 1. The molecule has 0 N–H and O–H groups in total. The van der Waals surface area contributed by atoms with Gasteiger partial charge in [-0.25, -0.2) is 4.98 Å². The maximum Gasteiger partial charge on any atom is 0.214 e. The van der Waals surface area contributed by atoms with Crippen LogP contribution in [0.15, 0.2) is 28.7 Å². The van der Waals surface area contributed by atoms with Crippen LogP contribution in [0.1, 0.15) is 27.7 Å². The predicted molar refractivity (Wildman–Crippen MR) is 99.6 cm³/mol. The Bertz CT molecular complexity index is 987. The molecule has 0 bridgehead atoms. The number of thiazole rings is 1. The van der Waals surface area contributed by atoms with Crippen molar-refractivity contribution >= 4 is 28.9 Å². The van der Waals surface area contributed by atoms with E-state index in [4.69, 9.17) is 0 Å². The monoisotopic (exact) mass is 384 g/mol. The van der Waals surface area contributed by atoms with Crippen molar-refractivity contribution in [3.8, 4) is 11.8 Å². The van der Waals surface area contributed by atoms with E-state index in [0.717, 1.165) is 22.5 Å². The largest absolute Gasteiger partial charge is 0.297 e. The molecule has 0 aliphatic heterocycles. The molecule has 0 aliphatic carbocycles. The number of rotatable bonds is 6. The summed E-state index contributed by atoms with van der Waals surface area (Å²) >= 11 is 2.55. The van der Waals surface area contributed by atoms with Crippen LogP contribution >= 0.6 is 23.1 Å². The summed E-state index contributed by atoms with van der Waals surface area (Å²) in [4.78, 5) is 16.7. The second-order valence-electron chi connectivity index (χ2n) is 5.81. The van der Waals surface area contributed by atoms with E-state index in [1.165, 1.54) is 23.1 Å². The quantitative estimate of drug-likeness (QED) is 0.603. The lowest BCUT2D eigenvalue weighted by atomic mass is 10.1. The number of nitriles is 1. The molecular weight excluding hydrogens is 368 g/mol. The van der Waals surface area contributed by atoms with E-state index in [0.29, 0.717) is 10.2 Å². The average molecular weight is 384 g/mol. The van der Waals surface area contributed by atoms with E-state index in [-0.39, 0.29) is 11.5 Å². The Kier molecular flexibility index (Phi) is 5.44. The topological polar surface area (TPSA) is 97.4 Å². The summed E-state index contributed by atoms with van der Waals surface area (Å²) < 4.78 is 1.62. The lowest BCUT2D eigenvalue weighted by Gasteiger charge is -2.09. The number of ketones is 1. The number of hydrogen-bond acceptors (Lipinski definition) is 8. The maximum absolute atomic E-state index is 12.5. The van der Waals surface area contributed by atoms with Crippen molar-refractivity contribution in [1.29, 1.82) is 5.26 Å². The first kappa shape index (κ1) is 18.2. The van der Waals surface area contributed by atoms with Crippen molar-refractivity contribution in [3.05, 3.63) is 45.4 Å². The number of carbonyl (C=O) groups excluding carboxylic acids is 1. The van der Waals surface area contributed by atoms with Gasteiger partial charge in [-0.3, -0.25) is 4.79 Å². The number of nitrogens with zero attached hydrogens (tertiary/aromatic N) is 6. The smallest absolute Gasteiger partial charge is 0.214 e. The molecule has 2 heterocycles. The average Bonchev–Trinajstić information content (AvgIpc) is 3.25. The molecule has 0 fully saturated rings. The fourth-order valence-electron chi connectivity index (χ4n) is 2.36. The molecule has 1 atom stereocenters. The third kappa shape index (κ3) is 3.81. The van der Waals surface area contributed by atoms with Crippen molar-refractivity contribution < 1.29 is 4.79 Å². The van der Waals surface area contributed by atoms with Crippen LogP contribution in [-0.2, 0) is 4.79 Å². The molecule has 132 valence electrons. The Balaban J connectivity index is 1.77. The van der Waals surface area contributed by atoms with Gasteiger partial charge >= 0.3 is 0 Å². The van der Waals surface area contributed by atoms with Gasteiger partial charge in [0.1, 0.15) is 5.01 Å². The number of hydrogen-bond donors (Lipinski definition) is 0. The first-order valence-corrected chi connectivity index (χ1v) is 9.69. The van der Waals surface area contributed by atoms with Crippen LogP contribution < -0.4 is 0 Å². The molecule has 9 heteroatoms. The van der Waals surface area contributed by atoms with Crippen LogP contribution in [0.5, 0.6) is 0 Å². The fraction of sp³-hybridized carbons (Fsp3) is 0.294. The molecule has 0 radical (unpaired) electrons. The number of benzene rings is 1. The van der Waals surface area contributed by atoms with Gasteiger partial charge in [0.2, 0.25) is 5.16 Å². The minimum atomic E-state index is -0.855. The van der Waals surface area contributed by atoms with Crippen LogP contribution in [0.25, 0.3) is 5.69 Å². The van der Waals surface area contributed by atoms with Crippen molar-refractivity contribution in [3.63, 3.8) is 0 Å². The first-order valence-electron chi connectivity index (χ1n) is 7.82. The van der Waals surface area contributed by atoms with Gasteiger partial charge in [0.05, 0.1) is 17.5 Å². The van der Waals surface area contributed by atoms with E-state index in [9.17, 15) is 10.1 Å². The van der Waals surface area contributed by atoms with Crippen LogP contribution in [0.4, 0.5) is 0 Å². The van der Waals surface area contributed by atoms with Gasteiger partial charge in [-0.2, -0.15) is 9.94 Å². The van der Waals surface area contributed by atoms with Gasteiger partial charge in [-0.05, 0) is 48.4 Å². The third-order valence-electron chi connectivity index (χ3n) is 3.71. The second kappa shape index (κ2) is 7.76. The van der Waals surface area contributed by atoms with Gasteiger partial charge in [0, 0.05) is 11.1 Å². The zero-order valence-electron chi connectivity index (χ0n) is 14.5. The van der Waals surface area contributed by atoms with E-state index < -0.39 is 5.92 Å². The molecule has 0 saturated carbocycles. The molecule has 0 aliphatic rings. The van der Waals surface area contributed by atoms with Crippen LogP contribution in [0, 0.1) is 32.1 Å². The molecule has 26 heavy (non-hydrogen) atoms. The Morgan fingerprint density at radius 1 is 1.38 bits per heavy atom. The highest BCUT2D eigenvalue weighted by atomic mass is 32.2. The summed E-state index contributed by atoms with van der Waals surface area (Å²) in [5.41, 5.74) is 3.81. The predicted octanol–water partition coefficient (Wildman–Crippen LogP) is 3.01. The van der Waals surface area contributed by atoms with Crippen LogP contribution in [-0.4, -0.2) is 36.7 Å². The van der Waals surface area contributed by atoms with E-state index in [2.05, 4.69) is 26.6 Å². The molecule has 0 saturated heterocycles. The Morgan fingerprint density at radius 2 is 2.19 bits per heavy atom. The van der Waals surface area contributed by atoms with Crippen LogP contribution in [0.2, 0.25) is 0 Å². The molecule has 0 spiro atoms. The summed E-state index contributed by atoms with van der Waals surface area (Å²) in [6.45, 7) is 5.82. The lowest BCUT2D eigenvalue weighted by Crippen LogP contribution is -2.14. The molecule has 3 aromatic rings. The van der Waals surface area contributed by atoms with Gasteiger partial charge in [-0.15, -0.1) is 16.4 Å². The Labute approximate surface area is 159 Å². The lowest BCUT2D eigenvalue weighted by molar-refractivity contribution is -0.116. The molecule has 3 rings (SSSR count). The zero-order valence-corrected chi connectivity index (χ0v) is 16.1. The van der Waals surface area contributed by atoms with E-state index >= 15 is 0 Å². The summed E-state index contributed by atoms with van der Waals surface area (Å²) in [6, 6.07) is 8.07. The molecule has 2 aromatic heterocycles. The Hall–Kier alpha value is -2.57. The van der Waals surface area contributed by atoms with Crippen molar-refractivity contribution in [2.24, 2.45) is 0 Å². The molecule has 0 amide bonds. The molecule has 7 nitrogen and oxygen atoms in total.